The van der Waals surface area contributed by atoms with Crippen molar-refractivity contribution in [2.45, 2.75) is 32.7 Å². The third kappa shape index (κ3) is 4.33. The summed E-state index contributed by atoms with van der Waals surface area (Å²) in [5.74, 6) is 0. The maximum Gasteiger partial charge on any atom is 0.0794 e. The van der Waals surface area contributed by atoms with Gasteiger partial charge in [0.2, 0.25) is 0 Å². The maximum atomic E-state index is 5.51. The topological polar surface area (TPSA) is 39.1 Å². The molecule has 1 aromatic heterocycles. The van der Waals surface area contributed by atoms with Crippen LogP contribution in [0.3, 0.4) is 0 Å². The van der Waals surface area contributed by atoms with Crippen LogP contribution in [0.2, 0.25) is 0 Å². The van der Waals surface area contributed by atoms with Gasteiger partial charge in [0, 0.05) is 26.5 Å². The molecule has 1 rings (SSSR count). The smallest absolute Gasteiger partial charge is 0.0794 e. The molecule has 0 radical (unpaired) electrons. The monoisotopic (exact) mass is 225 g/mol. The lowest BCUT2D eigenvalue weighted by Gasteiger charge is -2.15. The number of hydrogen-bond donors (Lipinski definition) is 1. The number of rotatable bonds is 8. The van der Waals surface area contributed by atoms with E-state index >= 15 is 0 Å². The number of aromatic nitrogens is 2. The zero-order valence-corrected chi connectivity index (χ0v) is 10.6. The zero-order valence-electron chi connectivity index (χ0n) is 10.6. The van der Waals surface area contributed by atoms with E-state index in [2.05, 4.69) is 30.3 Å². The van der Waals surface area contributed by atoms with E-state index in [9.17, 15) is 0 Å². The van der Waals surface area contributed by atoms with E-state index in [4.69, 9.17) is 4.74 Å². The molecule has 0 saturated heterocycles. The molecule has 1 unspecified atom stereocenters. The van der Waals surface area contributed by atoms with Crippen LogP contribution >= 0.6 is 0 Å². The van der Waals surface area contributed by atoms with Crippen LogP contribution in [0.4, 0.5) is 0 Å². The fourth-order valence-corrected chi connectivity index (χ4v) is 1.67. The van der Waals surface area contributed by atoms with Crippen molar-refractivity contribution in [2.24, 2.45) is 7.05 Å². The largest absolute Gasteiger partial charge is 0.381 e. The molecule has 0 amide bonds. The molecule has 0 aliphatic rings. The number of ether oxygens (including phenoxy) is 1. The van der Waals surface area contributed by atoms with Crippen LogP contribution in [0.15, 0.2) is 12.3 Å². The predicted molar refractivity (Wildman–Crippen MR) is 65.4 cm³/mol. The van der Waals surface area contributed by atoms with Crippen molar-refractivity contribution in [3.05, 3.63) is 18.0 Å². The lowest BCUT2D eigenvalue weighted by Crippen LogP contribution is -2.23. The summed E-state index contributed by atoms with van der Waals surface area (Å²) in [6.45, 7) is 6.83. The van der Waals surface area contributed by atoms with E-state index in [1.807, 2.05) is 17.9 Å². The molecule has 92 valence electrons. The van der Waals surface area contributed by atoms with Gasteiger partial charge in [-0.1, -0.05) is 13.8 Å². The Morgan fingerprint density at radius 1 is 1.44 bits per heavy atom. The van der Waals surface area contributed by atoms with Crippen LogP contribution in [-0.2, 0) is 11.8 Å². The Balaban J connectivity index is 2.41. The molecule has 1 atom stereocenters. The second kappa shape index (κ2) is 7.41. The van der Waals surface area contributed by atoms with Crippen LogP contribution in [-0.4, -0.2) is 29.5 Å². The third-order valence-corrected chi connectivity index (χ3v) is 2.44. The highest BCUT2D eigenvalue weighted by Crippen LogP contribution is 2.14. The first-order chi connectivity index (χ1) is 7.77. The average molecular weight is 225 g/mol. The van der Waals surface area contributed by atoms with E-state index in [1.54, 1.807) is 0 Å². The molecule has 16 heavy (non-hydrogen) atoms. The van der Waals surface area contributed by atoms with Gasteiger partial charge in [0.15, 0.2) is 0 Å². The second-order valence-electron chi connectivity index (χ2n) is 3.93. The Hall–Kier alpha value is -0.870. The summed E-state index contributed by atoms with van der Waals surface area (Å²) in [6, 6.07) is 2.37. The summed E-state index contributed by atoms with van der Waals surface area (Å²) in [4.78, 5) is 0. The van der Waals surface area contributed by atoms with Crippen molar-refractivity contribution in [2.75, 3.05) is 19.8 Å². The van der Waals surface area contributed by atoms with Crippen LogP contribution in [0, 0.1) is 0 Å². The zero-order chi connectivity index (χ0) is 11.8. The Labute approximate surface area is 98.0 Å². The van der Waals surface area contributed by atoms with Gasteiger partial charge in [-0.2, -0.15) is 5.10 Å². The molecule has 1 N–H and O–H groups in total. The minimum absolute atomic E-state index is 0.308. The summed E-state index contributed by atoms with van der Waals surface area (Å²) in [6.07, 6.45) is 4.03. The molecular formula is C12H23N3O. The average Bonchev–Trinajstić information content (AvgIpc) is 2.69. The number of nitrogens with one attached hydrogen (secondary N) is 1. The molecule has 0 aliphatic heterocycles. The second-order valence-corrected chi connectivity index (χ2v) is 3.93. The molecule has 4 heteroatoms. The SMILES string of the molecule is CCCOCCC(NCC)c1ccn(C)n1. The van der Waals surface area contributed by atoms with E-state index in [1.165, 1.54) is 0 Å². The highest BCUT2D eigenvalue weighted by Gasteiger charge is 2.12. The molecule has 0 saturated carbocycles. The first-order valence-electron chi connectivity index (χ1n) is 6.08. The van der Waals surface area contributed by atoms with Gasteiger partial charge in [-0.25, -0.2) is 0 Å². The lowest BCUT2D eigenvalue weighted by molar-refractivity contribution is 0.124. The standard InChI is InChI=1S/C12H23N3O/c1-4-9-16-10-7-11(13-5-2)12-6-8-15(3)14-12/h6,8,11,13H,4-5,7,9-10H2,1-3H3. The van der Waals surface area contributed by atoms with Gasteiger partial charge < -0.3 is 10.1 Å². The van der Waals surface area contributed by atoms with Crippen molar-refractivity contribution in [1.82, 2.24) is 15.1 Å². The van der Waals surface area contributed by atoms with Crippen LogP contribution in [0.1, 0.15) is 38.4 Å². The van der Waals surface area contributed by atoms with E-state index in [-0.39, 0.29) is 0 Å². The quantitative estimate of drug-likeness (QED) is 0.687. The fraction of sp³-hybridized carbons (Fsp3) is 0.750. The summed E-state index contributed by atoms with van der Waals surface area (Å²) in [5.41, 5.74) is 1.10. The maximum absolute atomic E-state index is 5.51. The highest BCUT2D eigenvalue weighted by molar-refractivity contribution is 5.05. The van der Waals surface area contributed by atoms with Crippen molar-refractivity contribution >= 4 is 0 Å². The van der Waals surface area contributed by atoms with Crippen molar-refractivity contribution in [3.8, 4) is 0 Å². The highest BCUT2D eigenvalue weighted by atomic mass is 16.5. The summed E-state index contributed by atoms with van der Waals surface area (Å²) in [7, 11) is 1.94. The summed E-state index contributed by atoms with van der Waals surface area (Å²) >= 11 is 0. The fourth-order valence-electron chi connectivity index (χ4n) is 1.67. The summed E-state index contributed by atoms with van der Waals surface area (Å²) in [5, 5.41) is 7.86. The molecule has 0 bridgehead atoms. The predicted octanol–water partition coefficient (Wildman–Crippen LogP) is 1.89. The first-order valence-corrected chi connectivity index (χ1v) is 6.08. The molecule has 0 aliphatic carbocycles. The molecular weight excluding hydrogens is 202 g/mol. The Morgan fingerprint density at radius 3 is 2.81 bits per heavy atom. The van der Waals surface area contributed by atoms with Gasteiger partial charge in [0.05, 0.1) is 11.7 Å². The minimum atomic E-state index is 0.308. The third-order valence-electron chi connectivity index (χ3n) is 2.44. The van der Waals surface area contributed by atoms with Gasteiger partial charge in [-0.3, -0.25) is 4.68 Å². The van der Waals surface area contributed by atoms with Gasteiger partial charge in [-0.05, 0) is 25.5 Å². The molecule has 0 spiro atoms. The van der Waals surface area contributed by atoms with Gasteiger partial charge in [-0.15, -0.1) is 0 Å². The first kappa shape index (κ1) is 13.2. The number of aryl methyl sites for hydroxylation is 1. The Bertz CT molecular complexity index is 286. The van der Waals surface area contributed by atoms with Crippen LogP contribution in [0.5, 0.6) is 0 Å². The normalized spacial score (nSPS) is 12.9. The number of hydrogen-bond acceptors (Lipinski definition) is 3. The van der Waals surface area contributed by atoms with Crippen molar-refractivity contribution in [3.63, 3.8) is 0 Å². The number of nitrogens with zero attached hydrogens (tertiary/aromatic N) is 2. The molecule has 0 fully saturated rings. The van der Waals surface area contributed by atoms with E-state index < -0.39 is 0 Å². The van der Waals surface area contributed by atoms with Crippen molar-refractivity contribution < 1.29 is 4.74 Å². The van der Waals surface area contributed by atoms with Crippen molar-refractivity contribution in [1.29, 1.82) is 0 Å². The van der Waals surface area contributed by atoms with Gasteiger partial charge in [0.25, 0.3) is 0 Å². The summed E-state index contributed by atoms with van der Waals surface area (Å²) < 4.78 is 7.35. The van der Waals surface area contributed by atoms with E-state index in [0.717, 1.165) is 38.3 Å². The minimum Gasteiger partial charge on any atom is -0.381 e. The molecule has 4 nitrogen and oxygen atoms in total. The van der Waals surface area contributed by atoms with E-state index in [0.29, 0.717) is 6.04 Å². The van der Waals surface area contributed by atoms with Gasteiger partial charge in [0.1, 0.15) is 0 Å². The lowest BCUT2D eigenvalue weighted by atomic mass is 10.1. The van der Waals surface area contributed by atoms with Crippen LogP contribution < -0.4 is 5.32 Å². The molecule has 0 aromatic carbocycles. The van der Waals surface area contributed by atoms with Gasteiger partial charge >= 0.3 is 0 Å². The Morgan fingerprint density at radius 2 is 2.25 bits per heavy atom. The Kier molecular flexibility index (Phi) is 6.11. The van der Waals surface area contributed by atoms with Crippen LogP contribution in [0.25, 0.3) is 0 Å². The molecule has 1 heterocycles. The molecule has 1 aromatic rings.